The van der Waals surface area contributed by atoms with Crippen molar-refractivity contribution in [2.24, 2.45) is 0 Å². The van der Waals surface area contributed by atoms with E-state index in [9.17, 15) is 14.0 Å². The average Bonchev–Trinajstić information content (AvgIpc) is 3.31. The minimum atomic E-state index is -0.695. The van der Waals surface area contributed by atoms with Gasteiger partial charge in [-0.15, -0.1) is 0 Å². The van der Waals surface area contributed by atoms with Crippen LogP contribution >= 0.6 is 11.6 Å². The van der Waals surface area contributed by atoms with Gasteiger partial charge in [0.05, 0.1) is 16.8 Å². The number of carbonyl (C=O) groups is 2. The van der Waals surface area contributed by atoms with Gasteiger partial charge in [0.1, 0.15) is 11.6 Å². The molecule has 0 N–H and O–H groups in total. The molecule has 2 aliphatic carbocycles. The highest BCUT2D eigenvalue weighted by Crippen LogP contribution is 2.40. The molecule has 0 atom stereocenters. The second-order valence-corrected chi connectivity index (χ2v) is 6.57. The number of hydrogen-bond acceptors (Lipinski definition) is 3. The Morgan fingerprint density at radius 2 is 1.70 bits per heavy atom. The van der Waals surface area contributed by atoms with Crippen molar-refractivity contribution < 1.29 is 18.7 Å². The quantitative estimate of drug-likeness (QED) is 0.790. The van der Waals surface area contributed by atoms with E-state index in [1.165, 1.54) is 6.07 Å². The largest absolute Gasteiger partial charge is 0.489 e. The SMILES string of the molecule is O=C1C2=C(CCCC2)C(=O)N1c1cc(OC2CC2)c(Cl)cc1F. The van der Waals surface area contributed by atoms with Gasteiger partial charge in [0.25, 0.3) is 11.8 Å². The number of ether oxygens (including phenoxy) is 1. The van der Waals surface area contributed by atoms with Crippen LogP contribution in [0.1, 0.15) is 38.5 Å². The smallest absolute Gasteiger partial charge is 0.261 e. The third-order valence-corrected chi connectivity index (χ3v) is 4.75. The van der Waals surface area contributed by atoms with Crippen molar-refractivity contribution in [3.05, 3.63) is 34.1 Å². The van der Waals surface area contributed by atoms with E-state index < -0.39 is 17.6 Å². The lowest BCUT2D eigenvalue weighted by atomic mass is 9.93. The highest BCUT2D eigenvalue weighted by atomic mass is 35.5. The molecule has 0 radical (unpaired) electrons. The van der Waals surface area contributed by atoms with Crippen LogP contribution in [0.5, 0.6) is 5.75 Å². The maximum atomic E-state index is 14.4. The molecular weight excluding hydrogens is 321 g/mol. The molecule has 1 saturated carbocycles. The summed E-state index contributed by atoms with van der Waals surface area (Å²) >= 11 is 6.01. The van der Waals surface area contributed by atoms with Crippen molar-refractivity contribution in [2.45, 2.75) is 44.6 Å². The normalized spacial score (nSPS) is 21.0. The zero-order valence-electron chi connectivity index (χ0n) is 12.4. The third kappa shape index (κ3) is 2.43. The Labute approximate surface area is 137 Å². The Morgan fingerprint density at radius 1 is 1.09 bits per heavy atom. The van der Waals surface area contributed by atoms with Crippen molar-refractivity contribution >= 4 is 29.1 Å². The zero-order chi connectivity index (χ0) is 16.1. The molecule has 4 rings (SSSR count). The van der Waals surface area contributed by atoms with Crippen LogP contribution in [0.3, 0.4) is 0 Å². The van der Waals surface area contributed by atoms with Gasteiger partial charge in [0.2, 0.25) is 0 Å². The number of nitrogens with zero attached hydrogens (tertiary/aromatic N) is 1. The van der Waals surface area contributed by atoms with Gasteiger partial charge < -0.3 is 4.74 Å². The van der Waals surface area contributed by atoms with Gasteiger partial charge in [0, 0.05) is 17.2 Å². The monoisotopic (exact) mass is 335 g/mol. The van der Waals surface area contributed by atoms with Crippen molar-refractivity contribution in [3.63, 3.8) is 0 Å². The molecule has 0 unspecified atom stereocenters. The highest BCUT2D eigenvalue weighted by molar-refractivity contribution is 6.34. The van der Waals surface area contributed by atoms with E-state index in [0.717, 1.165) is 36.6 Å². The summed E-state index contributed by atoms with van der Waals surface area (Å²) in [6, 6.07) is 2.47. The zero-order valence-corrected chi connectivity index (χ0v) is 13.2. The maximum Gasteiger partial charge on any atom is 0.261 e. The highest BCUT2D eigenvalue weighted by Gasteiger charge is 2.41. The molecule has 0 aromatic heterocycles. The van der Waals surface area contributed by atoms with Crippen LogP contribution in [0.4, 0.5) is 10.1 Å². The van der Waals surface area contributed by atoms with Gasteiger partial charge in [-0.2, -0.15) is 0 Å². The first-order valence-electron chi connectivity index (χ1n) is 7.83. The second-order valence-electron chi connectivity index (χ2n) is 6.16. The summed E-state index contributed by atoms with van der Waals surface area (Å²) in [6.45, 7) is 0. The van der Waals surface area contributed by atoms with E-state index in [4.69, 9.17) is 16.3 Å². The van der Waals surface area contributed by atoms with Crippen LogP contribution in [0.25, 0.3) is 0 Å². The first-order valence-corrected chi connectivity index (χ1v) is 8.20. The van der Waals surface area contributed by atoms with E-state index in [0.29, 0.717) is 29.7 Å². The number of halogens is 2. The molecule has 120 valence electrons. The van der Waals surface area contributed by atoms with Crippen molar-refractivity contribution in [1.82, 2.24) is 0 Å². The van der Waals surface area contributed by atoms with Gasteiger partial charge in [-0.3, -0.25) is 9.59 Å². The van der Waals surface area contributed by atoms with Crippen molar-refractivity contribution in [3.8, 4) is 5.75 Å². The van der Waals surface area contributed by atoms with Crippen LogP contribution in [-0.4, -0.2) is 17.9 Å². The molecule has 1 aliphatic heterocycles. The first kappa shape index (κ1) is 14.7. The molecule has 1 heterocycles. The molecule has 6 heteroatoms. The van der Waals surface area contributed by atoms with Gasteiger partial charge in [-0.25, -0.2) is 9.29 Å². The molecule has 0 bridgehead atoms. The van der Waals surface area contributed by atoms with Crippen LogP contribution in [0, 0.1) is 5.82 Å². The van der Waals surface area contributed by atoms with Gasteiger partial charge in [-0.1, -0.05) is 11.6 Å². The fourth-order valence-corrected chi connectivity index (χ4v) is 3.30. The van der Waals surface area contributed by atoms with Crippen LogP contribution in [0.15, 0.2) is 23.3 Å². The average molecular weight is 336 g/mol. The predicted octanol–water partition coefficient (Wildman–Crippen LogP) is 3.76. The molecule has 0 spiro atoms. The van der Waals surface area contributed by atoms with Crippen LogP contribution < -0.4 is 9.64 Å². The summed E-state index contributed by atoms with van der Waals surface area (Å²) in [5, 5.41) is 0.148. The van der Waals surface area contributed by atoms with E-state index in [-0.39, 0.29) is 16.8 Å². The standard InChI is InChI=1S/C17H15ClFNO3/c18-12-7-13(19)14(8-15(12)23-9-5-6-9)20-16(21)10-3-1-2-4-11(10)17(20)22/h7-9H,1-6H2. The molecular formula is C17H15ClFNO3. The minimum absolute atomic E-state index is 0.0746. The topological polar surface area (TPSA) is 46.6 Å². The molecule has 0 saturated heterocycles. The number of carbonyl (C=O) groups excluding carboxylic acids is 2. The van der Waals surface area contributed by atoms with Crippen molar-refractivity contribution in [1.29, 1.82) is 0 Å². The lowest BCUT2D eigenvalue weighted by Crippen LogP contribution is -2.32. The molecule has 1 fully saturated rings. The van der Waals surface area contributed by atoms with E-state index >= 15 is 0 Å². The van der Waals surface area contributed by atoms with Gasteiger partial charge in [-0.05, 0) is 44.6 Å². The molecule has 1 aromatic carbocycles. The summed E-state index contributed by atoms with van der Waals surface area (Å²) in [5.41, 5.74) is 0.981. The molecule has 2 amide bonds. The first-order chi connectivity index (χ1) is 11.1. The number of anilines is 1. The lowest BCUT2D eigenvalue weighted by Gasteiger charge is -2.18. The summed E-state index contributed by atoms with van der Waals surface area (Å²) in [6.07, 6.45) is 4.87. The summed E-state index contributed by atoms with van der Waals surface area (Å²) in [4.78, 5) is 26.0. The molecule has 3 aliphatic rings. The molecule has 1 aromatic rings. The third-order valence-electron chi connectivity index (χ3n) is 4.45. The Bertz CT molecular complexity index is 726. The summed E-state index contributed by atoms with van der Waals surface area (Å²) in [5.74, 6) is -1.21. The maximum absolute atomic E-state index is 14.4. The Kier molecular flexibility index (Phi) is 3.41. The number of benzene rings is 1. The lowest BCUT2D eigenvalue weighted by molar-refractivity contribution is -0.120. The van der Waals surface area contributed by atoms with Gasteiger partial charge in [0.15, 0.2) is 0 Å². The fraction of sp³-hybridized carbons (Fsp3) is 0.412. The molecule has 4 nitrogen and oxygen atoms in total. The molecule has 23 heavy (non-hydrogen) atoms. The fourth-order valence-electron chi connectivity index (χ4n) is 3.10. The Balaban J connectivity index is 1.73. The number of imide groups is 1. The Hall–Kier alpha value is -1.88. The predicted molar refractivity (Wildman–Crippen MR) is 83.0 cm³/mol. The van der Waals surface area contributed by atoms with Gasteiger partial charge >= 0.3 is 0 Å². The number of amides is 2. The van der Waals surface area contributed by atoms with E-state index in [1.807, 2.05) is 0 Å². The van der Waals surface area contributed by atoms with Crippen LogP contribution in [0.2, 0.25) is 5.02 Å². The minimum Gasteiger partial charge on any atom is -0.489 e. The summed E-state index contributed by atoms with van der Waals surface area (Å²) < 4.78 is 20.0. The van der Waals surface area contributed by atoms with Crippen LogP contribution in [-0.2, 0) is 9.59 Å². The van der Waals surface area contributed by atoms with Crippen molar-refractivity contribution in [2.75, 3.05) is 4.90 Å². The number of hydrogen-bond donors (Lipinski definition) is 0. The Morgan fingerprint density at radius 3 is 2.26 bits per heavy atom. The van der Waals surface area contributed by atoms with E-state index in [1.54, 1.807) is 0 Å². The summed E-state index contributed by atoms with van der Waals surface area (Å²) in [7, 11) is 0. The second kappa shape index (κ2) is 5.34. The number of rotatable bonds is 3. The van der Waals surface area contributed by atoms with E-state index in [2.05, 4.69) is 0 Å².